The van der Waals surface area contributed by atoms with E-state index in [1.54, 1.807) is 39.5 Å². The number of para-hydroxylation sites is 2. The smallest absolute Gasteiger partial charge is 0.408 e. The Hall–Kier alpha value is -4.06. The fourth-order valence-electron chi connectivity index (χ4n) is 6.18. The van der Waals surface area contributed by atoms with Crippen molar-refractivity contribution in [2.24, 2.45) is 0 Å². The highest BCUT2D eigenvalue weighted by Crippen LogP contribution is 2.47. The number of furan rings is 1. The van der Waals surface area contributed by atoms with Crippen molar-refractivity contribution in [3.05, 3.63) is 65.9 Å². The Morgan fingerprint density at radius 3 is 2.29 bits per heavy atom. The fraction of sp³-hybridized carbons (Fsp3) is 0.485. The highest BCUT2D eigenvalue weighted by atomic mass is 32.2. The van der Waals surface area contributed by atoms with Crippen molar-refractivity contribution >= 4 is 44.6 Å². The zero-order chi connectivity index (χ0) is 32.8. The number of ether oxygens (including phenoxy) is 1. The van der Waals surface area contributed by atoms with Crippen LogP contribution in [0.3, 0.4) is 0 Å². The number of hydrogen-bond donors (Lipinski definition) is 2. The highest BCUT2D eigenvalue weighted by Gasteiger charge is 2.48. The molecule has 1 unspecified atom stereocenters. The third-order valence-corrected chi connectivity index (χ3v) is 9.62. The number of carbonyl (C=O) groups excluding carboxylic acids is 3. The number of nitrogens with one attached hydrogen (secondary N) is 2. The average molecular weight is 639 g/mol. The van der Waals surface area contributed by atoms with E-state index in [2.05, 4.69) is 10.6 Å². The monoisotopic (exact) mass is 638 g/mol. The van der Waals surface area contributed by atoms with E-state index in [4.69, 9.17) is 9.15 Å². The first kappa shape index (κ1) is 32.3. The van der Waals surface area contributed by atoms with E-state index in [1.165, 1.54) is 10.6 Å². The third kappa shape index (κ3) is 6.95. The fourth-order valence-corrected chi connectivity index (χ4v) is 7.17. The van der Waals surface area contributed by atoms with Crippen LogP contribution < -0.4 is 14.9 Å². The Bertz CT molecular complexity index is 1680. The molecule has 2 aliphatic rings. The zero-order valence-electron chi connectivity index (χ0n) is 26.7. The number of nitrogens with zero attached hydrogens (tertiary/aromatic N) is 2. The van der Waals surface area contributed by atoms with Gasteiger partial charge in [-0.1, -0.05) is 36.4 Å². The van der Waals surface area contributed by atoms with Gasteiger partial charge in [0.1, 0.15) is 28.5 Å². The van der Waals surface area contributed by atoms with Gasteiger partial charge in [-0.25, -0.2) is 13.2 Å². The molecule has 12 heteroatoms. The van der Waals surface area contributed by atoms with Gasteiger partial charge in [0.15, 0.2) is 0 Å². The second-order valence-electron chi connectivity index (χ2n) is 13.6. The van der Waals surface area contributed by atoms with Crippen LogP contribution in [-0.2, 0) is 36.2 Å². The number of fused-ring (bicyclic) bond motifs is 3. The normalized spacial score (nSPS) is 17.2. The van der Waals surface area contributed by atoms with Crippen LogP contribution in [0.1, 0.15) is 58.8 Å². The molecule has 0 radical (unpaired) electrons. The summed E-state index contributed by atoms with van der Waals surface area (Å²) in [5.74, 6) is -0.294. The summed E-state index contributed by atoms with van der Waals surface area (Å²) in [6, 6.07) is 15.9. The molecule has 45 heavy (non-hydrogen) atoms. The van der Waals surface area contributed by atoms with Crippen LogP contribution in [0.2, 0.25) is 0 Å². The van der Waals surface area contributed by atoms with E-state index < -0.39 is 44.6 Å². The zero-order valence-corrected chi connectivity index (χ0v) is 27.5. The lowest BCUT2D eigenvalue weighted by atomic mass is 9.74. The molecule has 2 aromatic carbocycles. The minimum absolute atomic E-state index is 0.105. The number of benzene rings is 2. The molecule has 242 valence electrons. The average Bonchev–Trinajstić information content (AvgIpc) is 3.50. The summed E-state index contributed by atoms with van der Waals surface area (Å²) in [7, 11) is -3.47. The molecule has 11 nitrogen and oxygen atoms in total. The number of alkyl carbamates (subject to hydrolysis) is 1. The minimum Gasteiger partial charge on any atom is -0.461 e. The molecule has 0 bridgehead atoms. The maximum Gasteiger partial charge on any atom is 0.408 e. The number of carbonyl (C=O) groups is 3. The molecule has 1 saturated heterocycles. The van der Waals surface area contributed by atoms with Gasteiger partial charge in [-0.3, -0.25) is 13.9 Å². The molecule has 3 aromatic rings. The maximum atomic E-state index is 14.1. The number of hydrogen-bond acceptors (Lipinski definition) is 7. The second-order valence-corrected chi connectivity index (χ2v) is 15.5. The molecule has 2 N–H and O–H groups in total. The molecule has 3 amide bonds. The molecule has 0 saturated carbocycles. The van der Waals surface area contributed by atoms with Crippen molar-refractivity contribution in [1.29, 1.82) is 0 Å². The van der Waals surface area contributed by atoms with E-state index in [0.29, 0.717) is 49.5 Å². The van der Waals surface area contributed by atoms with Crippen LogP contribution >= 0.6 is 0 Å². The molecule has 0 aliphatic carbocycles. The first-order valence-electron chi connectivity index (χ1n) is 15.1. The van der Waals surface area contributed by atoms with Crippen molar-refractivity contribution in [1.82, 2.24) is 15.5 Å². The van der Waals surface area contributed by atoms with E-state index >= 15 is 0 Å². The summed E-state index contributed by atoms with van der Waals surface area (Å²) in [5.41, 5.74) is -0.206. The largest absolute Gasteiger partial charge is 0.461 e. The molecule has 2 aliphatic heterocycles. The number of sulfonamides is 1. The summed E-state index contributed by atoms with van der Waals surface area (Å²) in [5, 5.41) is 6.36. The van der Waals surface area contributed by atoms with Gasteiger partial charge in [-0.2, -0.15) is 0 Å². The molecular formula is C33H42N4O7S. The summed E-state index contributed by atoms with van der Waals surface area (Å²) >= 11 is 0. The molecule has 1 aromatic heterocycles. The quantitative estimate of drug-likeness (QED) is 0.397. The highest BCUT2D eigenvalue weighted by molar-refractivity contribution is 7.92. The number of likely N-dealkylation sites (tertiary alicyclic amines) is 1. The van der Waals surface area contributed by atoms with E-state index in [0.717, 1.165) is 10.9 Å². The van der Waals surface area contributed by atoms with Crippen LogP contribution in [0, 0.1) is 0 Å². The van der Waals surface area contributed by atoms with Crippen LogP contribution in [0.5, 0.6) is 0 Å². The molecule has 5 rings (SSSR count). The van der Waals surface area contributed by atoms with E-state index in [-0.39, 0.29) is 12.3 Å². The van der Waals surface area contributed by atoms with Crippen molar-refractivity contribution in [3.8, 4) is 0 Å². The predicted molar refractivity (Wildman–Crippen MR) is 171 cm³/mol. The third-order valence-electron chi connectivity index (χ3n) is 8.49. The lowest BCUT2D eigenvalue weighted by Gasteiger charge is -2.41. The first-order chi connectivity index (χ1) is 21.0. The minimum atomic E-state index is -3.47. The topological polar surface area (TPSA) is 138 Å². The SMILES string of the molecule is CC(C)(C)OC(=O)NC(C)(C)C(=O)NC(Cc1cc2ccccc2o1)C(=O)N1CCC2(CC1)CN(S(C)(=O)=O)c1ccccc12. The lowest BCUT2D eigenvalue weighted by molar-refractivity contribution is -0.139. The first-order valence-corrected chi connectivity index (χ1v) is 17.0. The molecule has 3 heterocycles. The van der Waals surface area contributed by atoms with Crippen LogP contribution in [-0.4, -0.2) is 74.3 Å². The summed E-state index contributed by atoms with van der Waals surface area (Å²) in [6.45, 7) is 9.38. The van der Waals surface area contributed by atoms with Gasteiger partial charge in [-0.15, -0.1) is 0 Å². The second kappa shape index (κ2) is 11.7. The van der Waals surface area contributed by atoms with Gasteiger partial charge in [0, 0.05) is 36.9 Å². The Balaban J connectivity index is 1.35. The van der Waals surface area contributed by atoms with Crippen molar-refractivity contribution < 1.29 is 32.0 Å². The summed E-state index contributed by atoms with van der Waals surface area (Å²) < 4.78 is 38.0. The van der Waals surface area contributed by atoms with Gasteiger partial charge in [-0.05, 0) is 71.2 Å². The number of piperidine rings is 1. The predicted octanol–water partition coefficient (Wildman–Crippen LogP) is 4.10. The number of rotatable bonds is 7. The van der Waals surface area contributed by atoms with Crippen LogP contribution in [0.25, 0.3) is 11.0 Å². The van der Waals surface area contributed by atoms with Gasteiger partial charge >= 0.3 is 6.09 Å². The van der Waals surface area contributed by atoms with Gasteiger partial charge in [0.2, 0.25) is 21.8 Å². The standard InChI is InChI=1S/C33H42N4O7S/c1-31(2,3)44-30(40)35-32(4,5)29(39)34-25(20-23-19-22-11-7-10-14-27(22)43-23)28(38)36-17-15-33(16-18-36)21-37(45(6,41)42)26-13-9-8-12-24(26)33/h7-14,19,25H,15-18,20-21H2,1-6H3,(H,34,39)(H,35,40). The van der Waals surface area contributed by atoms with E-state index in [9.17, 15) is 22.8 Å². The molecule has 1 atom stereocenters. The van der Waals surface area contributed by atoms with Gasteiger partial charge in [0.25, 0.3) is 0 Å². The van der Waals surface area contributed by atoms with Crippen molar-refractivity contribution in [2.45, 2.75) is 76.5 Å². The van der Waals surface area contributed by atoms with Gasteiger partial charge < -0.3 is 24.7 Å². The van der Waals surface area contributed by atoms with Crippen LogP contribution in [0.15, 0.2) is 59.0 Å². The Morgan fingerprint density at radius 1 is 1.00 bits per heavy atom. The maximum absolute atomic E-state index is 14.1. The van der Waals surface area contributed by atoms with Crippen LogP contribution in [0.4, 0.5) is 10.5 Å². The Kier molecular flexibility index (Phi) is 8.41. The van der Waals surface area contributed by atoms with E-state index in [1.807, 2.05) is 54.6 Å². The lowest BCUT2D eigenvalue weighted by Crippen LogP contribution is -2.61. The number of amides is 3. The Morgan fingerprint density at radius 2 is 1.64 bits per heavy atom. The molecular weight excluding hydrogens is 596 g/mol. The van der Waals surface area contributed by atoms with Crippen molar-refractivity contribution in [2.75, 3.05) is 30.2 Å². The molecule has 1 spiro atoms. The summed E-state index contributed by atoms with van der Waals surface area (Å²) in [6.07, 6.45) is 1.71. The van der Waals surface area contributed by atoms with Crippen molar-refractivity contribution in [3.63, 3.8) is 0 Å². The number of anilines is 1. The molecule has 1 fully saturated rings. The Labute approximate surface area is 264 Å². The van der Waals surface area contributed by atoms with Gasteiger partial charge in [0.05, 0.1) is 11.9 Å². The summed E-state index contributed by atoms with van der Waals surface area (Å²) in [4.78, 5) is 41.9.